The van der Waals surface area contributed by atoms with Gasteiger partial charge >= 0.3 is 0 Å². The van der Waals surface area contributed by atoms with E-state index in [1.165, 1.54) is 0 Å². The van der Waals surface area contributed by atoms with Crippen LogP contribution in [-0.4, -0.2) is 22.3 Å². The summed E-state index contributed by atoms with van der Waals surface area (Å²) >= 11 is 0. The molecule has 57 valence electrons. The monoisotopic (exact) mass is 150 g/mol. The topological polar surface area (TPSA) is 57.8 Å². The van der Waals surface area contributed by atoms with Crippen LogP contribution in [0.15, 0.2) is 6.33 Å². The maximum absolute atomic E-state index is 10.3. The zero-order valence-corrected chi connectivity index (χ0v) is 5.92. The second kappa shape index (κ2) is 2.47. The minimum atomic E-state index is -0.175. The Labute approximate surface area is 64.0 Å². The van der Waals surface area contributed by atoms with Crippen LogP contribution in [0.25, 0.3) is 0 Å². The molecule has 0 bridgehead atoms. The van der Waals surface area contributed by atoms with Gasteiger partial charge < -0.3 is 10.3 Å². The van der Waals surface area contributed by atoms with Crippen LogP contribution < -0.4 is 5.32 Å². The van der Waals surface area contributed by atoms with E-state index in [1.807, 2.05) is 6.29 Å². The number of carbonyl (C=O) groups excluding carboxylic acids is 1. The third-order valence-electron chi connectivity index (χ3n) is 1.87. The highest BCUT2D eigenvalue weighted by Gasteiger charge is 2.19. The molecule has 0 saturated heterocycles. The molecule has 4 heteroatoms. The van der Waals surface area contributed by atoms with E-state index in [1.54, 1.807) is 6.33 Å². The lowest BCUT2D eigenvalue weighted by molar-refractivity contribution is 0.495. The molecule has 0 saturated carbocycles. The molecule has 1 atom stereocenters. The molecular formula is C7H8N3O. The molecule has 2 rings (SSSR count). The van der Waals surface area contributed by atoms with E-state index in [0.717, 1.165) is 11.4 Å². The first-order valence-electron chi connectivity index (χ1n) is 3.52. The molecule has 1 aliphatic heterocycles. The van der Waals surface area contributed by atoms with Crippen LogP contribution in [0.3, 0.4) is 0 Å². The third kappa shape index (κ3) is 1.05. The minimum Gasteiger partial charge on any atom is -0.347 e. The van der Waals surface area contributed by atoms with Crippen molar-refractivity contribution in [2.45, 2.75) is 19.0 Å². The number of fused-ring (bicyclic) bond motifs is 1. The van der Waals surface area contributed by atoms with Gasteiger partial charge in [-0.15, -0.1) is 0 Å². The smallest absolute Gasteiger partial charge is 0.217 e. The Kier molecular flexibility index (Phi) is 1.47. The highest BCUT2D eigenvalue weighted by molar-refractivity contribution is 5.59. The third-order valence-corrected chi connectivity index (χ3v) is 1.87. The van der Waals surface area contributed by atoms with E-state index < -0.39 is 0 Å². The number of aromatic amines is 1. The minimum absolute atomic E-state index is 0.175. The van der Waals surface area contributed by atoms with Crippen molar-refractivity contribution < 1.29 is 4.79 Å². The molecule has 0 amide bonds. The molecule has 1 radical (unpaired) electrons. The maximum atomic E-state index is 10.3. The zero-order chi connectivity index (χ0) is 7.68. The number of nitrogens with one attached hydrogen (secondary N) is 2. The first-order chi connectivity index (χ1) is 5.40. The van der Waals surface area contributed by atoms with Gasteiger partial charge in [-0.25, -0.2) is 4.98 Å². The lowest BCUT2D eigenvalue weighted by Gasteiger charge is -2.16. The Morgan fingerprint density at radius 1 is 1.73 bits per heavy atom. The van der Waals surface area contributed by atoms with Crippen molar-refractivity contribution in [3.63, 3.8) is 0 Å². The highest BCUT2D eigenvalue weighted by Crippen LogP contribution is 2.10. The molecule has 1 aliphatic rings. The number of H-pyrrole nitrogens is 1. The number of hydrogen-bond acceptors (Lipinski definition) is 3. The van der Waals surface area contributed by atoms with Gasteiger partial charge in [0.1, 0.15) is 0 Å². The summed E-state index contributed by atoms with van der Waals surface area (Å²) < 4.78 is 0. The van der Waals surface area contributed by atoms with E-state index in [0.29, 0.717) is 13.0 Å². The lowest BCUT2D eigenvalue weighted by Crippen LogP contribution is -2.36. The van der Waals surface area contributed by atoms with Crippen LogP contribution in [0, 0.1) is 0 Å². The van der Waals surface area contributed by atoms with Crippen LogP contribution in [0.2, 0.25) is 0 Å². The quantitative estimate of drug-likeness (QED) is 0.569. The summed E-state index contributed by atoms with van der Waals surface area (Å²) in [6, 6.07) is -0.175. The molecule has 2 N–H and O–H groups in total. The first kappa shape index (κ1) is 6.54. The number of nitrogens with zero attached hydrogens (tertiary/aromatic N) is 1. The molecule has 0 spiro atoms. The van der Waals surface area contributed by atoms with E-state index in [4.69, 9.17) is 0 Å². The molecule has 0 aliphatic carbocycles. The number of hydrogen-bond donors (Lipinski definition) is 2. The molecule has 0 aromatic carbocycles. The summed E-state index contributed by atoms with van der Waals surface area (Å²) in [4.78, 5) is 17.3. The maximum Gasteiger partial charge on any atom is 0.217 e. The highest BCUT2D eigenvalue weighted by atomic mass is 16.1. The predicted molar refractivity (Wildman–Crippen MR) is 38.6 cm³/mol. The summed E-state index contributed by atoms with van der Waals surface area (Å²) in [7, 11) is 0. The van der Waals surface area contributed by atoms with Crippen molar-refractivity contribution in [3.8, 4) is 0 Å². The van der Waals surface area contributed by atoms with E-state index in [9.17, 15) is 4.79 Å². The predicted octanol–water partition coefficient (Wildman–Crippen LogP) is -0.466. The SMILES string of the molecule is O=[C]C1Cc2nc[nH]c2CN1. The lowest BCUT2D eigenvalue weighted by atomic mass is 10.1. The van der Waals surface area contributed by atoms with Crippen LogP contribution in [0.5, 0.6) is 0 Å². The number of rotatable bonds is 1. The van der Waals surface area contributed by atoms with Crippen LogP contribution in [0.4, 0.5) is 0 Å². The number of imidazole rings is 1. The molecule has 11 heavy (non-hydrogen) atoms. The van der Waals surface area contributed by atoms with Gasteiger partial charge in [0.25, 0.3) is 0 Å². The molecule has 0 fully saturated rings. The summed E-state index contributed by atoms with van der Waals surface area (Å²) in [5, 5.41) is 3.02. The van der Waals surface area contributed by atoms with Gasteiger partial charge in [0.2, 0.25) is 6.29 Å². The van der Waals surface area contributed by atoms with Gasteiger partial charge in [0.05, 0.1) is 23.8 Å². The first-order valence-corrected chi connectivity index (χ1v) is 3.52. The van der Waals surface area contributed by atoms with Gasteiger partial charge in [-0.3, -0.25) is 4.79 Å². The Morgan fingerprint density at radius 3 is 3.45 bits per heavy atom. The van der Waals surface area contributed by atoms with Crippen molar-refractivity contribution in [2.24, 2.45) is 0 Å². The summed E-state index contributed by atoms with van der Waals surface area (Å²) in [5.74, 6) is 0. The summed E-state index contributed by atoms with van der Waals surface area (Å²) in [6.07, 6.45) is 4.23. The Balaban J connectivity index is 2.24. The average molecular weight is 150 g/mol. The van der Waals surface area contributed by atoms with Gasteiger partial charge in [-0.1, -0.05) is 0 Å². The van der Waals surface area contributed by atoms with Gasteiger partial charge in [0.15, 0.2) is 0 Å². The van der Waals surface area contributed by atoms with Crippen LogP contribution >= 0.6 is 0 Å². The van der Waals surface area contributed by atoms with Gasteiger partial charge in [-0.05, 0) is 0 Å². The fraction of sp³-hybridized carbons (Fsp3) is 0.429. The fourth-order valence-electron chi connectivity index (χ4n) is 1.25. The van der Waals surface area contributed by atoms with Crippen molar-refractivity contribution >= 4 is 6.29 Å². The van der Waals surface area contributed by atoms with Crippen molar-refractivity contribution in [3.05, 3.63) is 17.7 Å². The van der Waals surface area contributed by atoms with Gasteiger partial charge in [-0.2, -0.15) is 0 Å². The summed E-state index contributed by atoms with van der Waals surface area (Å²) in [5.41, 5.74) is 2.06. The molecule has 1 unspecified atom stereocenters. The molecule has 4 nitrogen and oxygen atoms in total. The zero-order valence-electron chi connectivity index (χ0n) is 5.92. The second-order valence-electron chi connectivity index (χ2n) is 2.58. The fourth-order valence-corrected chi connectivity index (χ4v) is 1.25. The Bertz CT molecular complexity index is 268. The standard InChI is InChI=1S/C7H8N3O/c11-3-5-1-6-7(2-8-5)10-4-9-6/h4-5,8H,1-2H2,(H,9,10). The van der Waals surface area contributed by atoms with Crippen molar-refractivity contribution in [2.75, 3.05) is 0 Å². The Hall–Kier alpha value is -1.16. The second-order valence-corrected chi connectivity index (χ2v) is 2.58. The largest absolute Gasteiger partial charge is 0.347 e. The van der Waals surface area contributed by atoms with E-state index >= 15 is 0 Å². The van der Waals surface area contributed by atoms with Gasteiger partial charge in [0, 0.05) is 13.0 Å². The van der Waals surface area contributed by atoms with Crippen LogP contribution in [0.1, 0.15) is 11.4 Å². The molecule has 1 aromatic rings. The summed E-state index contributed by atoms with van der Waals surface area (Å²) in [6.45, 7) is 0.690. The Morgan fingerprint density at radius 2 is 2.64 bits per heavy atom. The molecule has 2 heterocycles. The van der Waals surface area contributed by atoms with Crippen molar-refractivity contribution in [1.29, 1.82) is 0 Å². The normalized spacial score (nSPS) is 22.7. The van der Waals surface area contributed by atoms with E-state index in [-0.39, 0.29) is 6.04 Å². The van der Waals surface area contributed by atoms with E-state index in [2.05, 4.69) is 15.3 Å². The molecular weight excluding hydrogens is 142 g/mol. The van der Waals surface area contributed by atoms with Crippen molar-refractivity contribution in [1.82, 2.24) is 15.3 Å². The molecule has 1 aromatic heterocycles. The van der Waals surface area contributed by atoms with Crippen LogP contribution in [-0.2, 0) is 17.8 Å². The number of aromatic nitrogens is 2. The average Bonchev–Trinajstić information content (AvgIpc) is 2.50.